The standard InChI is InChI=1S/C22H27NO4/c1-15-9-11-18(12-10-15)22(2,3)21(26)23-14-17(20(24)25)13-16-7-5-6-8-19(16)27-4/h5-12,17H,13-14H2,1-4H3,(H,23,26)(H,24,25). The summed E-state index contributed by atoms with van der Waals surface area (Å²) in [5.41, 5.74) is 2.07. The molecule has 2 rings (SSSR count). The summed E-state index contributed by atoms with van der Waals surface area (Å²) in [6, 6.07) is 15.1. The van der Waals surface area contributed by atoms with Crippen molar-refractivity contribution in [2.75, 3.05) is 13.7 Å². The fraction of sp³-hybridized carbons (Fsp3) is 0.364. The number of amides is 1. The molecule has 5 heteroatoms. The summed E-state index contributed by atoms with van der Waals surface area (Å²) < 4.78 is 5.29. The lowest BCUT2D eigenvalue weighted by atomic mass is 9.83. The average molecular weight is 369 g/mol. The third-order valence-electron chi connectivity index (χ3n) is 4.86. The van der Waals surface area contributed by atoms with Gasteiger partial charge in [0.15, 0.2) is 0 Å². The number of carboxylic acids is 1. The topological polar surface area (TPSA) is 75.6 Å². The van der Waals surface area contributed by atoms with E-state index in [2.05, 4.69) is 5.32 Å². The van der Waals surface area contributed by atoms with E-state index in [1.807, 2.05) is 63.2 Å². The van der Waals surface area contributed by atoms with Crippen LogP contribution in [0.15, 0.2) is 48.5 Å². The van der Waals surface area contributed by atoms with Gasteiger partial charge in [0, 0.05) is 6.54 Å². The average Bonchev–Trinajstić information content (AvgIpc) is 2.65. The van der Waals surface area contributed by atoms with E-state index in [0.717, 1.165) is 16.7 Å². The summed E-state index contributed by atoms with van der Waals surface area (Å²) in [5, 5.41) is 12.4. The number of aliphatic carboxylic acids is 1. The zero-order valence-electron chi connectivity index (χ0n) is 16.3. The van der Waals surface area contributed by atoms with Crippen LogP contribution in [-0.4, -0.2) is 30.6 Å². The molecule has 0 saturated heterocycles. The van der Waals surface area contributed by atoms with E-state index in [0.29, 0.717) is 5.75 Å². The number of ether oxygens (including phenoxy) is 1. The van der Waals surface area contributed by atoms with Gasteiger partial charge in [0.05, 0.1) is 18.4 Å². The highest BCUT2D eigenvalue weighted by molar-refractivity contribution is 5.87. The van der Waals surface area contributed by atoms with Crippen molar-refractivity contribution in [3.8, 4) is 5.75 Å². The minimum Gasteiger partial charge on any atom is -0.496 e. The molecule has 27 heavy (non-hydrogen) atoms. The summed E-state index contributed by atoms with van der Waals surface area (Å²) in [5.74, 6) is -1.24. The van der Waals surface area contributed by atoms with Crippen molar-refractivity contribution < 1.29 is 19.4 Å². The molecule has 0 aromatic heterocycles. The number of rotatable bonds is 8. The molecule has 0 aliphatic rings. The molecule has 0 aliphatic heterocycles. The second kappa shape index (κ2) is 8.71. The first-order valence-corrected chi connectivity index (χ1v) is 8.96. The van der Waals surface area contributed by atoms with Crippen molar-refractivity contribution in [2.24, 2.45) is 5.92 Å². The second-order valence-electron chi connectivity index (χ2n) is 7.25. The molecule has 0 spiro atoms. The molecule has 5 nitrogen and oxygen atoms in total. The summed E-state index contributed by atoms with van der Waals surface area (Å²) >= 11 is 0. The van der Waals surface area contributed by atoms with Gasteiger partial charge in [-0.1, -0.05) is 48.0 Å². The SMILES string of the molecule is COc1ccccc1CC(CNC(=O)C(C)(C)c1ccc(C)cc1)C(=O)O. The van der Waals surface area contributed by atoms with Crippen LogP contribution in [0.2, 0.25) is 0 Å². The summed E-state index contributed by atoms with van der Waals surface area (Å²) in [4.78, 5) is 24.4. The Hall–Kier alpha value is -2.82. The van der Waals surface area contributed by atoms with Gasteiger partial charge in [-0.25, -0.2) is 0 Å². The molecule has 0 saturated carbocycles. The molecule has 2 N–H and O–H groups in total. The van der Waals surface area contributed by atoms with Crippen molar-refractivity contribution >= 4 is 11.9 Å². The summed E-state index contributed by atoms with van der Waals surface area (Å²) in [7, 11) is 1.56. The number of carboxylic acid groups (broad SMARTS) is 1. The van der Waals surface area contributed by atoms with Crippen LogP contribution in [0.4, 0.5) is 0 Å². The predicted octanol–water partition coefficient (Wildman–Crippen LogP) is 3.34. The first-order chi connectivity index (χ1) is 12.8. The number of nitrogens with one attached hydrogen (secondary N) is 1. The lowest BCUT2D eigenvalue weighted by Crippen LogP contribution is -2.43. The molecule has 2 aromatic rings. The number of hydrogen-bond donors (Lipinski definition) is 2. The highest BCUT2D eigenvalue weighted by atomic mass is 16.5. The largest absolute Gasteiger partial charge is 0.496 e. The van der Waals surface area contributed by atoms with E-state index < -0.39 is 17.3 Å². The third-order valence-corrected chi connectivity index (χ3v) is 4.86. The fourth-order valence-corrected chi connectivity index (χ4v) is 2.92. The molecule has 0 bridgehead atoms. The second-order valence-corrected chi connectivity index (χ2v) is 7.25. The molecule has 1 unspecified atom stereocenters. The number of benzene rings is 2. The van der Waals surface area contributed by atoms with Crippen LogP contribution in [0.1, 0.15) is 30.5 Å². The van der Waals surface area contributed by atoms with Crippen LogP contribution >= 0.6 is 0 Å². The third kappa shape index (κ3) is 5.09. The lowest BCUT2D eigenvalue weighted by Gasteiger charge is -2.25. The van der Waals surface area contributed by atoms with Gasteiger partial charge in [0.25, 0.3) is 0 Å². The molecular weight excluding hydrogens is 342 g/mol. The normalized spacial score (nSPS) is 12.3. The van der Waals surface area contributed by atoms with E-state index in [1.165, 1.54) is 0 Å². The van der Waals surface area contributed by atoms with E-state index >= 15 is 0 Å². The van der Waals surface area contributed by atoms with Crippen LogP contribution in [0.3, 0.4) is 0 Å². The van der Waals surface area contributed by atoms with Gasteiger partial charge in [-0.3, -0.25) is 9.59 Å². The van der Waals surface area contributed by atoms with Crippen molar-refractivity contribution in [3.63, 3.8) is 0 Å². The Bertz CT molecular complexity index is 796. The maximum absolute atomic E-state index is 12.7. The first kappa shape index (κ1) is 20.5. The minimum atomic E-state index is -0.950. The Morgan fingerprint density at radius 2 is 1.74 bits per heavy atom. The van der Waals surface area contributed by atoms with Crippen molar-refractivity contribution in [2.45, 2.75) is 32.6 Å². The highest BCUT2D eigenvalue weighted by Crippen LogP contribution is 2.24. The molecule has 144 valence electrons. The number of aryl methyl sites for hydroxylation is 1. The molecule has 1 amide bonds. The Morgan fingerprint density at radius 3 is 2.33 bits per heavy atom. The number of methoxy groups -OCH3 is 1. The maximum atomic E-state index is 12.7. The van der Waals surface area contributed by atoms with E-state index in [-0.39, 0.29) is 18.9 Å². The minimum absolute atomic E-state index is 0.0571. The molecule has 1 atom stereocenters. The van der Waals surface area contributed by atoms with Gasteiger partial charge in [0.2, 0.25) is 5.91 Å². The fourth-order valence-electron chi connectivity index (χ4n) is 2.92. The Labute approximate surface area is 160 Å². The van der Waals surface area contributed by atoms with Gasteiger partial charge < -0.3 is 15.2 Å². The monoisotopic (exact) mass is 369 g/mol. The van der Waals surface area contributed by atoms with Crippen molar-refractivity contribution in [3.05, 3.63) is 65.2 Å². The van der Waals surface area contributed by atoms with Crippen molar-refractivity contribution in [1.82, 2.24) is 5.32 Å². The Kier molecular flexibility index (Phi) is 6.61. The summed E-state index contributed by atoms with van der Waals surface area (Å²) in [6.07, 6.45) is 0.282. The molecule has 0 radical (unpaired) electrons. The number of para-hydroxylation sites is 1. The molecule has 0 aliphatic carbocycles. The van der Waals surface area contributed by atoms with Gasteiger partial charge in [-0.15, -0.1) is 0 Å². The van der Waals surface area contributed by atoms with Gasteiger partial charge in [0.1, 0.15) is 5.75 Å². The van der Waals surface area contributed by atoms with Crippen LogP contribution in [0.25, 0.3) is 0 Å². The van der Waals surface area contributed by atoms with E-state index in [4.69, 9.17) is 4.74 Å². The van der Waals surface area contributed by atoms with Crippen LogP contribution in [0, 0.1) is 12.8 Å². The quantitative estimate of drug-likeness (QED) is 0.748. The number of carbonyl (C=O) groups is 2. The van der Waals surface area contributed by atoms with Crippen LogP contribution in [0.5, 0.6) is 5.75 Å². The smallest absolute Gasteiger partial charge is 0.308 e. The van der Waals surface area contributed by atoms with Gasteiger partial charge in [-0.05, 0) is 44.4 Å². The Balaban J connectivity index is 2.07. The molecule has 0 heterocycles. The number of carbonyl (C=O) groups excluding carboxylic acids is 1. The first-order valence-electron chi connectivity index (χ1n) is 8.96. The van der Waals surface area contributed by atoms with E-state index in [1.54, 1.807) is 13.2 Å². The zero-order valence-corrected chi connectivity index (χ0v) is 16.3. The predicted molar refractivity (Wildman–Crippen MR) is 105 cm³/mol. The van der Waals surface area contributed by atoms with Gasteiger partial charge in [-0.2, -0.15) is 0 Å². The number of hydrogen-bond acceptors (Lipinski definition) is 3. The van der Waals surface area contributed by atoms with E-state index in [9.17, 15) is 14.7 Å². The lowest BCUT2D eigenvalue weighted by molar-refractivity contribution is -0.141. The summed E-state index contributed by atoms with van der Waals surface area (Å²) in [6.45, 7) is 5.72. The van der Waals surface area contributed by atoms with Gasteiger partial charge >= 0.3 is 5.97 Å². The highest BCUT2D eigenvalue weighted by Gasteiger charge is 2.31. The molecule has 0 fully saturated rings. The molecular formula is C22H27NO4. The molecule has 2 aromatic carbocycles. The van der Waals surface area contributed by atoms with Crippen molar-refractivity contribution in [1.29, 1.82) is 0 Å². The van der Waals surface area contributed by atoms with Crippen LogP contribution in [-0.2, 0) is 21.4 Å². The zero-order chi connectivity index (χ0) is 20.0. The Morgan fingerprint density at radius 1 is 1.11 bits per heavy atom. The van der Waals surface area contributed by atoms with Crippen LogP contribution < -0.4 is 10.1 Å². The maximum Gasteiger partial charge on any atom is 0.308 e.